The molecule has 0 atom stereocenters. The van der Waals surface area contributed by atoms with E-state index in [0.717, 1.165) is 16.8 Å². The molecule has 0 radical (unpaired) electrons. The van der Waals surface area contributed by atoms with Crippen LogP contribution in [0.1, 0.15) is 0 Å². The molecule has 0 saturated heterocycles. The minimum absolute atomic E-state index is 0.259. The number of rotatable bonds is 0. The second-order valence-corrected chi connectivity index (χ2v) is 3.52. The highest BCUT2D eigenvalue weighted by Gasteiger charge is 2.17. The summed E-state index contributed by atoms with van der Waals surface area (Å²) in [7, 11) is 0. The molecule has 4 heteroatoms. The summed E-state index contributed by atoms with van der Waals surface area (Å²) in [6.45, 7) is 0. The normalized spacial score (nSPS) is 12.9. The number of urea groups is 1. The lowest BCUT2D eigenvalue weighted by Gasteiger charge is -2.05. The van der Waals surface area contributed by atoms with E-state index in [4.69, 9.17) is 0 Å². The van der Waals surface area contributed by atoms with Gasteiger partial charge in [-0.15, -0.1) is 0 Å². The van der Waals surface area contributed by atoms with Gasteiger partial charge < -0.3 is 5.32 Å². The smallest absolute Gasteiger partial charge is 0.307 e. The van der Waals surface area contributed by atoms with Crippen LogP contribution in [0.2, 0.25) is 0 Å². The van der Waals surface area contributed by atoms with Gasteiger partial charge in [-0.05, 0) is 18.2 Å². The van der Waals surface area contributed by atoms with E-state index in [2.05, 4.69) is 15.6 Å². The summed E-state index contributed by atoms with van der Waals surface area (Å²) in [6.07, 6.45) is 1.66. The number of aromatic nitrogens is 1. The standard InChI is InChI=1S/C12H9N3O/c16-12-14-10-6-2-1-4-8(10)9-5-3-7-13-11(9)15-12/h1-7H,(H2,13,14,15,16). The number of hydrogen-bond acceptors (Lipinski definition) is 2. The van der Waals surface area contributed by atoms with E-state index in [-0.39, 0.29) is 6.03 Å². The van der Waals surface area contributed by atoms with Gasteiger partial charge in [0.2, 0.25) is 0 Å². The van der Waals surface area contributed by atoms with Gasteiger partial charge >= 0.3 is 6.03 Å². The summed E-state index contributed by atoms with van der Waals surface area (Å²) in [5.74, 6) is 0.588. The van der Waals surface area contributed by atoms with Crippen LogP contribution in [0.4, 0.5) is 16.3 Å². The van der Waals surface area contributed by atoms with Crippen molar-refractivity contribution in [2.24, 2.45) is 0 Å². The Morgan fingerprint density at radius 2 is 1.75 bits per heavy atom. The van der Waals surface area contributed by atoms with Crippen LogP contribution in [0, 0.1) is 0 Å². The summed E-state index contributed by atoms with van der Waals surface area (Å²) in [5.41, 5.74) is 2.70. The molecule has 1 aromatic carbocycles. The van der Waals surface area contributed by atoms with Crippen LogP contribution < -0.4 is 10.6 Å². The van der Waals surface area contributed by atoms with Crippen molar-refractivity contribution in [1.29, 1.82) is 0 Å². The highest BCUT2D eigenvalue weighted by molar-refractivity contribution is 6.07. The maximum atomic E-state index is 11.5. The topological polar surface area (TPSA) is 54.0 Å². The van der Waals surface area contributed by atoms with E-state index in [0.29, 0.717) is 5.82 Å². The van der Waals surface area contributed by atoms with Gasteiger partial charge in [-0.3, -0.25) is 5.32 Å². The molecule has 0 saturated carbocycles. The highest BCUT2D eigenvalue weighted by Crippen LogP contribution is 2.34. The largest absolute Gasteiger partial charge is 0.324 e. The second kappa shape index (κ2) is 3.34. The monoisotopic (exact) mass is 211 g/mol. The van der Waals surface area contributed by atoms with E-state index in [9.17, 15) is 4.79 Å². The third kappa shape index (κ3) is 1.32. The predicted molar refractivity (Wildman–Crippen MR) is 62.3 cm³/mol. The molecule has 16 heavy (non-hydrogen) atoms. The molecule has 0 spiro atoms. The van der Waals surface area contributed by atoms with Crippen molar-refractivity contribution in [2.75, 3.05) is 10.6 Å². The molecule has 78 valence electrons. The lowest BCUT2D eigenvalue weighted by molar-refractivity contribution is 0.262. The first kappa shape index (κ1) is 8.91. The zero-order valence-electron chi connectivity index (χ0n) is 8.40. The second-order valence-electron chi connectivity index (χ2n) is 3.52. The number of carbonyl (C=O) groups excluding carboxylic acids is 1. The molecule has 0 fully saturated rings. The van der Waals surface area contributed by atoms with Gasteiger partial charge in [0.1, 0.15) is 5.82 Å². The van der Waals surface area contributed by atoms with E-state index >= 15 is 0 Å². The number of nitrogens with zero attached hydrogens (tertiary/aromatic N) is 1. The Morgan fingerprint density at radius 3 is 2.69 bits per heavy atom. The Labute approximate surface area is 92.3 Å². The van der Waals surface area contributed by atoms with Crippen LogP contribution in [0.25, 0.3) is 11.1 Å². The van der Waals surface area contributed by atoms with Crippen LogP contribution >= 0.6 is 0 Å². The fraction of sp³-hybridized carbons (Fsp3) is 0. The number of amides is 2. The van der Waals surface area contributed by atoms with Crippen LogP contribution in [-0.2, 0) is 0 Å². The van der Waals surface area contributed by atoms with E-state index < -0.39 is 0 Å². The van der Waals surface area contributed by atoms with Crippen molar-refractivity contribution in [3.05, 3.63) is 42.6 Å². The Kier molecular flexibility index (Phi) is 1.86. The Bertz CT molecular complexity index is 516. The molecular weight excluding hydrogens is 202 g/mol. The zero-order chi connectivity index (χ0) is 11.0. The lowest BCUT2D eigenvalue weighted by Crippen LogP contribution is -2.18. The number of anilines is 2. The van der Waals surface area contributed by atoms with Crippen molar-refractivity contribution in [2.45, 2.75) is 0 Å². The minimum Gasteiger partial charge on any atom is -0.307 e. The van der Waals surface area contributed by atoms with Crippen LogP contribution in [0.5, 0.6) is 0 Å². The van der Waals surface area contributed by atoms with Crippen molar-refractivity contribution in [3.8, 4) is 11.1 Å². The Morgan fingerprint density at radius 1 is 0.938 bits per heavy atom. The fourth-order valence-corrected chi connectivity index (χ4v) is 1.81. The summed E-state index contributed by atoms with van der Waals surface area (Å²) in [6, 6.07) is 11.2. The van der Waals surface area contributed by atoms with Gasteiger partial charge in [-0.25, -0.2) is 9.78 Å². The summed E-state index contributed by atoms with van der Waals surface area (Å²) in [5, 5.41) is 5.49. The van der Waals surface area contributed by atoms with Gasteiger partial charge in [0.05, 0.1) is 5.69 Å². The molecular formula is C12H9N3O. The van der Waals surface area contributed by atoms with Gasteiger partial charge in [0.25, 0.3) is 0 Å². The minimum atomic E-state index is -0.259. The average molecular weight is 211 g/mol. The van der Waals surface area contributed by atoms with Crippen LogP contribution in [0.15, 0.2) is 42.6 Å². The third-order valence-corrected chi connectivity index (χ3v) is 2.51. The molecule has 2 amide bonds. The average Bonchev–Trinajstić information content (AvgIpc) is 2.44. The molecule has 2 aromatic rings. The van der Waals surface area contributed by atoms with Gasteiger partial charge in [-0.2, -0.15) is 0 Å². The Hall–Kier alpha value is -2.36. The van der Waals surface area contributed by atoms with E-state index in [1.54, 1.807) is 6.20 Å². The third-order valence-electron chi connectivity index (χ3n) is 2.51. The molecule has 1 aliphatic rings. The van der Waals surface area contributed by atoms with E-state index in [1.165, 1.54) is 0 Å². The SMILES string of the molecule is O=C1Nc2ccccc2-c2cccnc2N1. The summed E-state index contributed by atoms with van der Waals surface area (Å²) >= 11 is 0. The number of hydrogen-bond donors (Lipinski definition) is 2. The first-order chi connectivity index (χ1) is 7.84. The maximum Gasteiger partial charge on any atom is 0.324 e. The molecule has 1 aromatic heterocycles. The van der Waals surface area contributed by atoms with Crippen molar-refractivity contribution >= 4 is 17.5 Å². The van der Waals surface area contributed by atoms with Crippen LogP contribution in [0.3, 0.4) is 0 Å². The van der Waals surface area contributed by atoms with Gasteiger partial charge in [0, 0.05) is 17.3 Å². The quantitative estimate of drug-likeness (QED) is 0.703. The molecule has 4 nitrogen and oxygen atoms in total. The Balaban J connectivity index is 2.30. The first-order valence-corrected chi connectivity index (χ1v) is 4.97. The van der Waals surface area contributed by atoms with Crippen LogP contribution in [-0.4, -0.2) is 11.0 Å². The number of nitrogens with one attached hydrogen (secondary N) is 2. The molecule has 3 rings (SSSR count). The zero-order valence-corrected chi connectivity index (χ0v) is 8.40. The molecule has 0 aliphatic carbocycles. The molecule has 0 unspecified atom stereocenters. The lowest BCUT2D eigenvalue weighted by atomic mass is 10.1. The predicted octanol–water partition coefficient (Wildman–Crippen LogP) is 2.71. The number of pyridine rings is 1. The van der Waals surface area contributed by atoms with Gasteiger partial charge in [0.15, 0.2) is 0 Å². The molecule has 2 heterocycles. The number of fused-ring (bicyclic) bond motifs is 3. The highest BCUT2D eigenvalue weighted by atomic mass is 16.2. The molecule has 2 N–H and O–H groups in total. The van der Waals surface area contributed by atoms with Gasteiger partial charge in [-0.1, -0.05) is 18.2 Å². The fourth-order valence-electron chi connectivity index (χ4n) is 1.81. The summed E-state index contributed by atoms with van der Waals surface area (Å²) in [4.78, 5) is 15.7. The summed E-state index contributed by atoms with van der Waals surface area (Å²) < 4.78 is 0. The number of para-hydroxylation sites is 1. The molecule has 1 aliphatic heterocycles. The molecule has 0 bridgehead atoms. The van der Waals surface area contributed by atoms with Crippen molar-refractivity contribution < 1.29 is 4.79 Å². The van der Waals surface area contributed by atoms with E-state index in [1.807, 2.05) is 36.4 Å². The van der Waals surface area contributed by atoms with Crippen molar-refractivity contribution in [1.82, 2.24) is 4.98 Å². The van der Waals surface area contributed by atoms with Crippen molar-refractivity contribution in [3.63, 3.8) is 0 Å². The maximum absolute atomic E-state index is 11.5. The first-order valence-electron chi connectivity index (χ1n) is 4.97. The number of benzene rings is 1. The number of carbonyl (C=O) groups is 1.